The highest BCUT2D eigenvalue weighted by molar-refractivity contribution is 6.55. The molecule has 3 aromatic rings. The molecule has 0 aliphatic carbocycles. The van der Waals surface area contributed by atoms with Crippen molar-refractivity contribution < 1.29 is 41.8 Å². The van der Waals surface area contributed by atoms with Gasteiger partial charge >= 0.3 is 0 Å². The molecule has 0 spiro atoms. The third kappa shape index (κ3) is 7.72. The maximum Gasteiger partial charge on any atom is 0.200 e. The van der Waals surface area contributed by atoms with E-state index >= 15 is 0 Å². The molecule has 0 atom stereocenters. The molecule has 0 radical (unpaired) electrons. The van der Waals surface area contributed by atoms with Crippen molar-refractivity contribution in [2.24, 2.45) is 0 Å². The van der Waals surface area contributed by atoms with Crippen molar-refractivity contribution in [1.82, 2.24) is 0 Å². The Morgan fingerprint density at radius 3 is 1.03 bits per heavy atom. The van der Waals surface area contributed by atoms with E-state index in [1.165, 1.54) is 21.2 Å². The Kier molecular flexibility index (Phi) is 11.0. The normalized spacial score (nSPS) is 10.3. The van der Waals surface area contributed by atoms with E-state index in [1.54, 1.807) is 0 Å². The van der Waals surface area contributed by atoms with Crippen molar-refractivity contribution in [2.75, 3.05) is 28.2 Å². The monoisotopic (exact) mass is 454 g/mol. The third-order valence-corrected chi connectivity index (χ3v) is 4.18. The van der Waals surface area contributed by atoms with Crippen LogP contribution in [-0.4, -0.2) is 35.3 Å². The van der Waals surface area contributed by atoms with Gasteiger partial charge < -0.3 is 19.8 Å². The molecule has 3 rings (SSSR count). The molecule has 0 unspecified atom stereocenters. The Labute approximate surface area is 184 Å². The SMILES string of the molecule is C[NH+](C)c1ccccc1.C[NH+](C)c1ccccc1.[O-]B([O-])c1c(F)c(F)c(F)c(F)c1F. The molecular formula is C22H24BF5N2O2. The van der Waals surface area contributed by atoms with Gasteiger partial charge in [-0.3, -0.25) is 0 Å². The van der Waals surface area contributed by atoms with Crippen molar-refractivity contribution in [3.8, 4) is 0 Å². The standard InChI is InChI=1S/2C8H11N.C6BF5O2/c2*1-9(2)8-6-4-3-5-7-8;8-2-1(7(13)14)3(9)5(11)6(12)4(2)10/h2*3-7H,1-2H3;/q;;-2/p+2. The largest absolute Gasteiger partial charge is 0.889 e. The van der Waals surface area contributed by atoms with Crippen LogP contribution < -0.4 is 25.3 Å². The maximum absolute atomic E-state index is 12.5. The summed E-state index contributed by atoms with van der Waals surface area (Å²) in [5, 5.41) is 20.2. The fourth-order valence-corrected chi connectivity index (χ4v) is 2.37. The summed E-state index contributed by atoms with van der Waals surface area (Å²) in [5.41, 5.74) is 0.774. The van der Waals surface area contributed by atoms with E-state index in [9.17, 15) is 32.0 Å². The van der Waals surface area contributed by atoms with Gasteiger partial charge in [0, 0.05) is 0 Å². The van der Waals surface area contributed by atoms with Gasteiger partial charge in [0.05, 0.1) is 28.2 Å². The molecule has 0 heterocycles. The van der Waals surface area contributed by atoms with Gasteiger partial charge in [-0.2, -0.15) is 0 Å². The van der Waals surface area contributed by atoms with Crippen LogP contribution in [0.5, 0.6) is 0 Å². The lowest BCUT2D eigenvalue weighted by molar-refractivity contribution is -0.786. The zero-order valence-electron chi connectivity index (χ0n) is 18.1. The first-order valence-electron chi connectivity index (χ1n) is 9.53. The highest BCUT2D eigenvalue weighted by Crippen LogP contribution is 2.15. The van der Waals surface area contributed by atoms with Gasteiger partial charge in [-0.05, 0) is 29.7 Å². The van der Waals surface area contributed by atoms with Crippen molar-refractivity contribution >= 4 is 24.0 Å². The van der Waals surface area contributed by atoms with E-state index in [4.69, 9.17) is 0 Å². The summed E-state index contributed by atoms with van der Waals surface area (Å²) in [4.78, 5) is 2.74. The first kappa shape index (κ1) is 27.2. The Hall–Kier alpha value is -2.79. The minimum Gasteiger partial charge on any atom is -0.889 e. The van der Waals surface area contributed by atoms with Crippen molar-refractivity contribution in [1.29, 1.82) is 0 Å². The number of quaternary nitrogens is 2. The number of benzene rings is 3. The molecule has 172 valence electrons. The van der Waals surface area contributed by atoms with Crippen LogP contribution in [0.25, 0.3) is 0 Å². The van der Waals surface area contributed by atoms with Crippen molar-refractivity contribution in [3.05, 3.63) is 89.7 Å². The number of nitrogens with one attached hydrogen (secondary N) is 2. The summed E-state index contributed by atoms with van der Waals surface area (Å²) in [7, 11) is 5.22. The highest BCUT2D eigenvalue weighted by Gasteiger charge is 2.23. The second-order valence-electron chi connectivity index (χ2n) is 7.05. The van der Waals surface area contributed by atoms with Gasteiger partial charge in [0.15, 0.2) is 29.1 Å². The van der Waals surface area contributed by atoms with E-state index in [1.807, 2.05) is 12.1 Å². The maximum atomic E-state index is 12.5. The molecule has 10 heteroatoms. The molecule has 0 bridgehead atoms. The first-order chi connectivity index (χ1) is 15.0. The third-order valence-electron chi connectivity index (χ3n) is 4.18. The summed E-state index contributed by atoms with van der Waals surface area (Å²) >= 11 is 0. The van der Waals surface area contributed by atoms with E-state index in [-0.39, 0.29) is 0 Å². The molecule has 0 aliphatic rings. The molecule has 0 amide bonds. The fraction of sp³-hybridized carbons (Fsp3) is 0.182. The quantitative estimate of drug-likeness (QED) is 0.248. The molecule has 0 saturated heterocycles. The molecule has 3 aromatic carbocycles. The summed E-state index contributed by atoms with van der Waals surface area (Å²) in [5.74, 6) is -11.7. The number of rotatable bonds is 3. The second kappa shape index (κ2) is 12.9. The van der Waals surface area contributed by atoms with Crippen LogP contribution in [-0.2, 0) is 0 Å². The number of halogens is 5. The molecule has 0 fully saturated rings. The number of hydrogen-bond donors (Lipinski definition) is 2. The Morgan fingerprint density at radius 2 is 0.812 bits per heavy atom. The molecule has 0 saturated carbocycles. The van der Waals surface area contributed by atoms with Gasteiger partial charge in [0.2, 0.25) is 0 Å². The van der Waals surface area contributed by atoms with E-state index < -0.39 is 41.7 Å². The number of para-hydroxylation sites is 2. The van der Waals surface area contributed by atoms with Crippen LogP contribution in [0.1, 0.15) is 0 Å². The predicted molar refractivity (Wildman–Crippen MR) is 109 cm³/mol. The summed E-state index contributed by atoms with van der Waals surface area (Å²) < 4.78 is 62.0. The Balaban J connectivity index is 0.000000250. The van der Waals surface area contributed by atoms with Gasteiger partial charge in [-0.15, -0.1) is 0 Å². The van der Waals surface area contributed by atoms with Gasteiger partial charge in [-0.25, -0.2) is 22.0 Å². The Morgan fingerprint density at radius 1 is 0.531 bits per heavy atom. The van der Waals surface area contributed by atoms with Crippen LogP contribution in [0.15, 0.2) is 60.7 Å². The fourth-order valence-electron chi connectivity index (χ4n) is 2.37. The zero-order valence-corrected chi connectivity index (χ0v) is 18.1. The lowest BCUT2D eigenvalue weighted by atomic mass is 9.79. The average Bonchev–Trinajstić information content (AvgIpc) is 2.78. The summed E-state index contributed by atoms with van der Waals surface area (Å²) in [6, 6.07) is 20.8. The first-order valence-corrected chi connectivity index (χ1v) is 9.53. The topological polar surface area (TPSA) is 55.0 Å². The summed E-state index contributed by atoms with van der Waals surface area (Å²) in [6.45, 7) is 0. The molecule has 0 aliphatic heterocycles. The number of hydrogen-bond acceptors (Lipinski definition) is 2. The zero-order chi connectivity index (χ0) is 24.4. The molecule has 4 nitrogen and oxygen atoms in total. The second-order valence-corrected chi connectivity index (χ2v) is 7.05. The minimum atomic E-state index is -3.26. The van der Waals surface area contributed by atoms with Gasteiger partial charge in [-0.1, -0.05) is 43.5 Å². The van der Waals surface area contributed by atoms with Gasteiger partial charge in [0.25, 0.3) is 0 Å². The summed E-state index contributed by atoms with van der Waals surface area (Å²) in [6.07, 6.45) is 0. The van der Waals surface area contributed by atoms with Crippen LogP contribution in [0, 0.1) is 29.1 Å². The van der Waals surface area contributed by atoms with Crippen LogP contribution in [0.3, 0.4) is 0 Å². The molecule has 2 N–H and O–H groups in total. The van der Waals surface area contributed by atoms with E-state index in [0.717, 1.165) is 0 Å². The minimum absolute atomic E-state index is 1.33. The molecular weight excluding hydrogens is 430 g/mol. The van der Waals surface area contributed by atoms with Crippen LogP contribution in [0.4, 0.5) is 33.3 Å². The van der Waals surface area contributed by atoms with Crippen LogP contribution in [0.2, 0.25) is 0 Å². The van der Waals surface area contributed by atoms with Crippen molar-refractivity contribution in [3.63, 3.8) is 0 Å². The smallest absolute Gasteiger partial charge is 0.200 e. The van der Waals surface area contributed by atoms with Crippen LogP contribution >= 0.6 is 0 Å². The Bertz CT molecular complexity index is 903. The van der Waals surface area contributed by atoms with Gasteiger partial charge in [0.1, 0.15) is 11.4 Å². The average molecular weight is 454 g/mol. The van der Waals surface area contributed by atoms with Crippen molar-refractivity contribution in [2.45, 2.75) is 0 Å². The highest BCUT2D eigenvalue weighted by atomic mass is 19.2. The molecule has 32 heavy (non-hydrogen) atoms. The lowest BCUT2D eigenvalue weighted by Gasteiger charge is -2.27. The predicted octanol–water partition coefficient (Wildman–Crippen LogP) is -0.277. The van der Waals surface area contributed by atoms with E-state index in [0.29, 0.717) is 0 Å². The lowest BCUT2D eigenvalue weighted by Crippen LogP contribution is -3.00. The molecule has 0 aromatic heterocycles. The van der Waals surface area contributed by atoms with E-state index in [2.05, 4.69) is 76.7 Å².